The van der Waals surface area contributed by atoms with E-state index < -0.39 is 81.5 Å². The minimum Gasteiger partial charge on any atom is -0.394 e. The second kappa shape index (κ2) is 10.5. The number of rotatable bonds is 8. The van der Waals surface area contributed by atoms with E-state index in [1.807, 2.05) is 0 Å². The number of aromatic nitrogens is 4. The lowest BCUT2D eigenvalue weighted by Crippen LogP contribution is -2.38. The average Bonchev–Trinajstić information content (AvgIpc) is 3.28. The Labute approximate surface area is 206 Å². The fraction of sp³-hybridized carbons (Fsp3) is 0.556. The van der Waals surface area contributed by atoms with E-state index in [2.05, 4.69) is 9.97 Å². The summed E-state index contributed by atoms with van der Waals surface area (Å²) in [6.07, 6.45) is -9.86. The van der Waals surface area contributed by atoms with Crippen LogP contribution < -0.4 is 22.8 Å². The predicted molar refractivity (Wildman–Crippen MR) is 119 cm³/mol. The maximum atomic E-state index is 12.6. The normalized spacial score (nSPS) is 33.4. The number of aliphatic hydroxyl groups is 4. The van der Waals surface area contributed by atoms with Gasteiger partial charge in [-0.3, -0.25) is 18.2 Å². The maximum absolute atomic E-state index is 12.6. The molecule has 0 amide bonds. The molecule has 0 spiro atoms. The molecule has 2 aromatic heterocycles. The zero-order chi connectivity index (χ0) is 27.1. The van der Waals surface area contributed by atoms with E-state index in [1.165, 1.54) is 24.5 Å². The quantitative estimate of drug-likeness (QED) is 0.155. The third kappa shape index (κ3) is 5.58. The molecule has 0 aliphatic carbocycles. The van der Waals surface area contributed by atoms with Crippen LogP contribution in [0.15, 0.2) is 34.1 Å². The van der Waals surface area contributed by atoms with Gasteiger partial charge in [0, 0.05) is 12.4 Å². The fourth-order valence-electron chi connectivity index (χ4n) is 3.91. The van der Waals surface area contributed by atoms with Gasteiger partial charge < -0.3 is 46.3 Å². The molecule has 0 radical (unpaired) electrons. The number of phosphoric acid groups is 1. The maximum Gasteiger partial charge on any atom is 0.472 e. The summed E-state index contributed by atoms with van der Waals surface area (Å²) in [6.45, 7) is -1.56. The Kier molecular flexibility index (Phi) is 7.77. The Balaban J connectivity index is 1.42. The molecule has 2 fully saturated rings. The van der Waals surface area contributed by atoms with Gasteiger partial charge in [-0.15, -0.1) is 0 Å². The van der Waals surface area contributed by atoms with Gasteiger partial charge in [0.2, 0.25) is 0 Å². The Bertz CT molecular complexity index is 1290. The van der Waals surface area contributed by atoms with E-state index in [1.54, 1.807) is 0 Å². The predicted octanol–water partition coefficient (Wildman–Crippen LogP) is -3.96. The minimum atomic E-state index is -5.02. The first-order chi connectivity index (χ1) is 17.4. The molecule has 9 atom stereocenters. The van der Waals surface area contributed by atoms with Crippen molar-refractivity contribution in [3.63, 3.8) is 0 Å². The molecule has 2 aliphatic heterocycles. The van der Waals surface area contributed by atoms with Crippen LogP contribution in [0.1, 0.15) is 12.5 Å². The number of nitrogens with zero attached hydrogens (tertiary/aromatic N) is 4. The van der Waals surface area contributed by atoms with E-state index >= 15 is 0 Å². The SMILES string of the molecule is Nc1ccn(C2OC(COP(=O)(O)OC3C(CO)OC(n4ccc(N)nc4=O)C3O)C(O)C2O)c(=O)n1. The lowest BCUT2D eigenvalue weighted by molar-refractivity contribution is -0.0614. The van der Waals surface area contributed by atoms with E-state index in [-0.39, 0.29) is 11.6 Å². The second-order valence-corrected chi connectivity index (χ2v) is 9.61. The van der Waals surface area contributed by atoms with Crippen molar-refractivity contribution in [2.45, 2.75) is 49.1 Å². The molecule has 204 valence electrons. The number of ether oxygens (including phenoxy) is 2. The van der Waals surface area contributed by atoms with Crippen LogP contribution in [0, 0.1) is 0 Å². The van der Waals surface area contributed by atoms with Crippen molar-refractivity contribution < 1.29 is 48.4 Å². The molecule has 19 heteroatoms. The summed E-state index contributed by atoms with van der Waals surface area (Å²) in [5.41, 5.74) is 9.10. The molecule has 2 aliphatic rings. The summed E-state index contributed by atoms with van der Waals surface area (Å²) < 4.78 is 35.0. The number of phosphoric ester groups is 1. The monoisotopic (exact) mass is 548 g/mol. The summed E-state index contributed by atoms with van der Waals surface area (Å²) in [4.78, 5) is 41.3. The fourth-order valence-corrected chi connectivity index (χ4v) is 4.88. The number of nitrogen functional groups attached to an aromatic ring is 2. The summed E-state index contributed by atoms with van der Waals surface area (Å²) in [7, 11) is -5.02. The van der Waals surface area contributed by atoms with Gasteiger partial charge in [0.25, 0.3) is 0 Å². The van der Waals surface area contributed by atoms with E-state index in [9.17, 15) is 39.5 Å². The van der Waals surface area contributed by atoms with Crippen LogP contribution >= 0.6 is 7.82 Å². The van der Waals surface area contributed by atoms with Gasteiger partial charge in [-0.2, -0.15) is 9.97 Å². The summed E-state index contributed by atoms with van der Waals surface area (Å²) >= 11 is 0. The third-order valence-electron chi connectivity index (χ3n) is 5.73. The standard InChI is InChI=1S/C18H25N6O12P/c19-9-1-3-23(17(29)21-9)15-12(27)11(26)8(35-15)6-33-37(31,32)36-14-7(5-25)34-16(13(14)28)24-4-2-10(20)22-18(24)30/h1-4,7-8,11-16,25-28H,5-6H2,(H,31,32)(H2,19,21,29)(H2,20,22,30). The van der Waals surface area contributed by atoms with Gasteiger partial charge in [0.1, 0.15) is 48.3 Å². The lowest BCUT2D eigenvalue weighted by atomic mass is 10.1. The Morgan fingerprint density at radius 3 is 1.95 bits per heavy atom. The highest BCUT2D eigenvalue weighted by molar-refractivity contribution is 7.47. The average molecular weight is 548 g/mol. The van der Waals surface area contributed by atoms with E-state index in [4.69, 9.17) is 30.0 Å². The molecule has 0 bridgehead atoms. The molecule has 2 aromatic rings. The summed E-state index contributed by atoms with van der Waals surface area (Å²) in [5, 5.41) is 40.8. The molecule has 0 saturated carbocycles. The highest BCUT2D eigenvalue weighted by Crippen LogP contribution is 2.49. The van der Waals surface area contributed by atoms with Crippen LogP contribution in [-0.4, -0.2) is 94.3 Å². The van der Waals surface area contributed by atoms with Crippen molar-refractivity contribution >= 4 is 19.5 Å². The highest BCUT2D eigenvalue weighted by Gasteiger charge is 2.50. The van der Waals surface area contributed by atoms with Crippen molar-refractivity contribution in [1.82, 2.24) is 19.1 Å². The number of hydrogen-bond acceptors (Lipinski definition) is 15. The minimum absolute atomic E-state index is 0.0772. The van der Waals surface area contributed by atoms with Crippen LogP contribution in [0.5, 0.6) is 0 Å². The van der Waals surface area contributed by atoms with E-state index in [0.717, 1.165) is 9.13 Å². The zero-order valence-electron chi connectivity index (χ0n) is 18.8. The van der Waals surface area contributed by atoms with Gasteiger partial charge in [0.05, 0.1) is 13.2 Å². The van der Waals surface area contributed by atoms with Crippen molar-refractivity contribution in [2.75, 3.05) is 24.7 Å². The molecular weight excluding hydrogens is 523 g/mol. The van der Waals surface area contributed by atoms with E-state index in [0.29, 0.717) is 0 Å². The summed E-state index contributed by atoms with van der Waals surface area (Å²) in [5.74, 6) is -0.165. The largest absolute Gasteiger partial charge is 0.472 e. The van der Waals surface area contributed by atoms with Gasteiger partial charge in [-0.1, -0.05) is 0 Å². The van der Waals surface area contributed by atoms with Crippen LogP contribution in [0.4, 0.5) is 11.6 Å². The molecule has 9 unspecified atom stereocenters. The topological polar surface area (TPSA) is 277 Å². The molecule has 2 saturated heterocycles. The third-order valence-corrected chi connectivity index (χ3v) is 6.72. The highest BCUT2D eigenvalue weighted by atomic mass is 31.2. The van der Waals surface area contributed by atoms with Crippen molar-refractivity contribution in [3.05, 3.63) is 45.5 Å². The number of aliphatic hydroxyl groups excluding tert-OH is 4. The van der Waals surface area contributed by atoms with Crippen LogP contribution in [-0.2, 0) is 23.1 Å². The molecule has 9 N–H and O–H groups in total. The molecule has 4 rings (SSSR count). The first kappa shape index (κ1) is 27.3. The van der Waals surface area contributed by atoms with Crippen molar-refractivity contribution in [1.29, 1.82) is 0 Å². The number of hydrogen-bond donors (Lipinski definition) is 7. The Morgan fingerprint density at radius 2 is 1.43 bits per heavy atom. The van der Waals surface area contributed by atoms with Crippen molar-refractivity contribution in [3.8, 4) is 0 Å². The molecule has 4 heterocycles. The number of anilines is 2. The number of nitrogens with two attached hydrogens (primary N) is 2. The van der Waals surface area contributed by atoms with Gasteiger partial charge in [0.15, 0.2) is 12.5 Å². The molecular formula is C18H25N6O12P. The summed E-state index contributed by atoms with van der Waals surface area (Å²) in [6, 6.07) is 2.51. The van der Waals surface area contributed by atoms with Crippen LogP contribution in [0.25, 0.3) is 0 Å². The molecule has 18 nitrogen and oxygen atoms in total. The van der Waals surface area contributed by atoms with Crippen LogP contribution in [0.2, 0.25) is 0 Å². The molecule has 37 heavy (non-hydrogen) atoms. The first-order valence-electron chi connectivity index (χ1n) is 10.7. The first-order valence-corrected chi connectivity index (χ1v) is 12.2. The van der Waals surface area contributed by atoms with Crippen LogP contribution in [0.3, 0.4) is 0 Å². The van der Waals surface area contributed by atoms with Gasteiger partial charge in [-0.05, 0) is 12.1 Å². The lowest BCUT2D eigenvalue weighted by Gasteiger charge is -2.23. The molecule has 0 aromatic carbocycles. The van der Waals surface area contributed by atoms with Crippen molar-refractivity contribution in [2.24, 2.45) is 0 Å². The zero-order valence-corrected chi connectivity index (χ0v) is 19.7. The Morgan fingerprint density at radius 1 is 0.919 bits per heavy atom. The van der Waals surface area contributed by atoms with Gasteiger partial charge in [-0.25, -0.2) is 14.2 Å². The Hall–Kier alpha value is -2.77. The van der Waals surface area contributed by atoms with Gasteiger partial charge >= 0.3 is 19.2 Å². The second-order valence-electron chi connectivity index (χ2n) is 8.20. The smallest absolute Gasteiger partial charge is 0.394 e.